The minimum absolute atomic E-state index is 0.315. The normalized spacial score (nSPS) is 13.5. The third-order valence-electron chi connectivity index (χ3n) is 4.87. The number of nitrogens with zero attached hydrogens (tertiary/aromatic N) is 5. The molecule has 0 unspecified atom stereocenters. The molecule has 0 amide bonds. The molecular weight excluding hydrogens is 434 g/mol. The first-order chi connectivity index (χ1) is 15.3. The van der Waals surface area contributed by atoms with E-state index in [0.29, 0.717) is 47.4 Å². The smallest absolute Gasteiger partial charge is 0.226 e. The second kappa shape index (κ2) is 9.11. The summed E-state index contributed by atoms with van der Waals surface area (Å²) in [6.45, 7) is 0.315. The Morgan fingerprint density at radius 1 is 0.968 bits per heavy atom. The van der Waals surface area contributed by atoms with Gasteiger partial charge in [0.15, 0.2) is 11.0 Å². The van der Waals surface area contributed by atoms with E-state index in [2.05, 4.69) is 25.0 Å². The van der Waals surface area contributed by atoms with E-state index >= 15 is 0 Å². The molecule has 0 aliphatic heterocycles. The fourth-order valence-corrected chi connectivity index (χ4v) is 4.27. The Hall–Kier alpha value is -2.84. The van der Waals surface area contributed by atoms with Crippen LogP contribution in [0.1, 0.15) is 42.1 Å². The second-order valence-electron chi connectivity index (χ2n) is 7.26. The van der Waals surface area contributed by atoms with Crippen LogP contribution in [0.25, 0.3) is 0 Å². The molecule has 0 spiro atoms. The van der Waals surface area contributed by atoms with Crippen molar-refractivity contribution in [2.45, 2.75) is 42.8 Å². The van der Waals surface area contributed by atoms with Crippen molar-refractivity contribution in [1.29, 1.82) is 0 Å². The molecule has 0 bridgehead atoms. The lowest BCUT2D eigenvalue weighted by molar-refractivity contribution is 0.288. The van der Waals surface area contributed by atoms with Gasteiger partial charge in [-0.1, -0.05) is 65.8 Å². The maximum absolute atomic E-state index is 6.19. The molecular formula is C22H20ClN5O2S. The fourth-order valence-electron chi connectivity index (χ4n) is 3.22. The highest BCUT2D eigenvalue weighted by atomic mass is 35.5. The highest BCUT2D eigenvalue weighted by Crippen LogP contribution is 2.39. The molecule has 31 heavy (non-hydrogen) atoms. The highest BCUT2D eigenvalue weighted by Gasteiger charge is 2.30. The highest BCUT2D eigenvalue weighted by molar-refractivity contribution is 7.98. The van der Waals surface area contributed by atoms with Crippen LogP contribution in [0.5, 0.6) is 5.75 Å². The molecule has 5 rings (SSSR count). The third kappa shape index (κ3) is 4.91. The molecule has 7 nitrogen and oxygen atoms in total. The van der Waals surface area contributed by atoms with Crippen molar-refractivity contribution in [3.63, 3.8) is 0 Å². The van der Waals surface area contributed by atoms with Gasteiger partial charge in [-0.05, 0) is 30.5 Å². The standard InChI is InChI=1S/C22H20ClN5O2S/c23-17-8-4-5-9-18(17)29-13-19-24-27-22(28(19)16-10-11-16)31-14-21-26-25-20(30-21)12-15-6-2-1-3-7-15/h1-9,16H,10-14H2. The van der Waals surface area contributed by atoms with E-state index in [9.17, 15) is 0 Å². The summed E-state index contributed by atoms with van der Waals surface area (Å²) in [5.74, 6) is 3.16. The van der Waals surface area contributed by atoms with Crippen molar-refractivity contribution in [3.05, 3.63) is 82.8 Å². The SMILES string of the molecule is Clc1ccccc1OCc1nnc(SCc2nnc(Cc3ccccc3)o2)n1C1CC1. The lowest BCUT2D eigenvalue weighted by atomic mass is 10.2. The Morgan fingerprint density at radius 3 is 2.55 bits per heavy atom. The number of ether oxygens (including phenoxy) is 1. The molecule has 0 N–H and O–H groups in total. The van der Waals surface area contributed by atoms with Crippen molar-refractivity contribution < 1.29 is 9.15 Å². The van der Waals surface area contributed by atoms with Crippen molar-refractivity contribution in [3.8, 4) is 5.75 Å². The molecule has 1 aliphatic rings. The van der Waals surface area contributed by atoms with Crippen LogP contribution >= 0.6 is 23.4 Å². The Morgan fingerprint density at radius 2 is 1.74 bits per heavy atom. The minimum atomic E-state index is 0.315. The lowest BCUT2D eigenvalue weighted by Crippen LogP contribution is -2.07. The molecule has 0 saturated heterocycles. The summed E-state index contributed by atoms with van der Waals surface area (Å²) in [6.07, 6.45) is 2.86. The first kappa shape index (κ1) is 20.1. The Balaban J connectivity index is 1.23. The molecule has 2 aromatic carbocycles. The number of hydrogen-bond acceptors (Lipinski definition) is 7. The number of thioether (sulfide) groups is 1. The number of benzene rings is 2. The zero-order chi connectivity index (χ0) is 21.0. The quantitative estimate of drug-likeness (QED) is 0.326. The van der Waals surface area contributed by atoms with Gasteiger partial charge in [0.25, 0.3) is 0 Å². The zero-order valence-corrected chi connectivity index (χ0v) is 18.2. The van der Waals surface area contributed by atoms with E-state index in [1.54, 1.807) is 17.8 Å². The molecule has 4 aromatic rings. The third-order valence-corrected chi connectivity index (χ3v) is 6.11. The van der Waals surface area contributed by atoms with Gasteiger partial charge in [0.1, 0.15) is 12.4 Å². The van der Waals surface area contributed by atoms with E-state index in [1.807, 2.05) is 48.5 Å². The Bertz CT molecular complexity index is 1160. The van der Waals surface area contributed by atoms with Crippen molar-refractivity contribution >= 4 is 23.4 Å². The number of hydrogen-bond donors (Lipinski definition) is 0. The van der Waals surface area contributed by atoms with Gasteiger partial charge in [0.05, 0.1) is 17.2 Å². The topological polar surface area (TPSA) is 78.9 Å². The molecule has 2 heterocycles. The van der Waals surface area contributed by atoms with Crippen molar-refractivity contribution in [2.75, 3.05) is 0 Å². The fraction of sp³-hybridized carbons (Fsp3) is 0.273. The number of rotatable bonds is 9. The summed E-state index contributed by atoms with van der Waals surface area (Å²) >= 11 is 7.73. The van der Waals surface area contributed by atoms with Gasteiger partial charge in [0, 0.05) is 6.04 Å². The summed E-state index contributed by atoms with van der Waals surface area (Å²) in [7, 11) is 0. The van der Waals surface area contributed by atoms with Crippen molar-refractivity contribution in [2.24, 2.45) is 0 Å². The van der Waals surface area contributed by atoms with Crippen LogP contribution in [-0.2, 0) is 18.8 Å². The van der Waals surface area contributed by atoms with Gasteiger partial charge in [-0.2, -0.15) is 0 Å². The zero-order valence-electron chi connectivity index (χ0n) is 16.6. The molecule has 1 aliphatic carbocycles. The summed E-state index contributed by atoms with van der Waals surface area (Å²) in [6, 6.07) is 17.9. The average molecular weight is 454 g/mol. The predicted octanol–water partition coefficient (Wildman–Crippen LogP) is 5.11. The number of para-hydroxylation sites is 1. The minimum Gasteiger partial charge on any atom is -0.484 e. The monoisotopic (exact) mass is 453 g/mol. The van der Waals surface area contributed by atoms with Crippen LogP contribution < -0.4 is 4.74 Å². The largest absolute Gasteiger partial charge is 0.484 e. The maximum atomic E-state index is 6.19. The summed E-state index contributed by atoms with van der Waals surface area (Å²) < 4.78 is 13.8. The van der Waals surface area contributed by atoms with E-state index in [1.165, 1.54) is 0 Å². The van der Waals surface area contributed by atoms with Gasteiger partial charge in [-0.3, -0.25) is 4.57 Å². The van der Waals surface area contributed by atoms with E-state index in [4.69, 9.17) is 20.8 Å². The second-order valence-corrected chi connectivity index (χ2v) is 8.61. The van der Waals surface area contributed by atoms with E-state index in [0.717, 1.165) is 29.4 Å². The van der Waals surface area contributed by atoms with Crippen molar-refractivity contribution in [1.82, 2.24) is 25.0 Å². The first-order valence-electron chi connectivity index (χ1n) is 10.1. The number of aromatic nitrogens is 5. The van der Waals surface area contributed by atoms with Gasteiger partial charge >= 0.3 is 0 Å². The van der Waals surface area contributed by atoms with Crippen LogP contribution in [0.4, 0.5) is 0 Å². The van der Waals surface area contributed by atoms with Gasteiger partial charge in [-0.15, -0.1) is 20.4 Å². The average Bonchev–Trinajstić information content (AvgIpc) is 3.39. The first-order valence-corrected chi connectivity index (χ1v) is 11.4. The Labute approximate surface area is 188 Å². The summed E-state index contributed by atoms with van der Waals surface area (Å²) in [4.78, 5) is 0. The molecule has 9 heteroatoms. The van der Waals surface area contributed by atoms with Crippen LogP contribution in [-0.4, -0.2) is 25.0 Å². The van der Waals surface area contributed by atoms with E-state index in [-0.39, 0.29) is 0 Å². The van der Waals surface area contributed by atoms with Crippen LogP contribution in [0, 0.1) is 0 Å². The van der Waals surface area contributed by atoms with Gasteiger partial charge in [-0.25, -0.2) is 0 Å². The molecule has 0 atom stereocenters. The molecule has 2 aromatic heterocycles. The van der Waals surface area contributed by atoms with Crippen LogP contribution in [0.15, 0.2) is 64.2 Å². The molecule has 1 saturated carbocycles. The predicted molar refractivity (Wildman–Crippen MR) is 117 cm³/mol. The maximum Gasteiger partial charge on any atom is 0.226 e. The molecule has 1 fully saturated rings. The van der Waals surface area contributed by atoms with Gasteiger partial charge in [0.2, 0.25) is 11.8 Å². The molecule has 0 radical (unpaired) electrons. The summed E-state index contributed by atoms with van der Waals surface area (Å²) in [5, 5.41) is 18.5. The van der Waals surface area contributed by atoms with Gasteiger partial charge < -0.3 is 9.15 Å². The van der Waals surface area contributed by atoms with Crippen LogP contribution in [0.3, 0.4) is 0 Å². The Kier molecular flexibility index (Phi) is 5.90. The van der Waals surface area contributed by atoms with Crippen LogP contribution in [0.2, 0.25) is 5.02 Å². The van der Waals surface area contributed by atoms with E-state index < -0.39 is 0 Å². The summed E-state index contributed by atoms with van der Waals surface area (Å²) in [5.41, 5.74) is 1.14. The lowest BCUT2D eigenvalue weighted by Gasteiger charge is -2.10. The number of halogens is 1. The molecule has 158 valence electrons.